The number of carbonyl (C=O) groups excluding carboxylic acids is 1. The van der Waals surface area contributed by atoms with Crippen LogP contribution in [0.25, 0.3) is 6.08 Å². The van der Waals surface area contributed by atoms with E-state index < -0.39 is 11.7 Å². The number of alkyl halides is 3. The van der Waals surface area contributed by atoms with Crippen molar-refractivity contribution in [3.8, 4) is 0 Å². The van der Waals surface area contributed by atoms with E-state index in [-0.39, 0.29) is 16.5 Å². The van der Waals surface area contributed by atoms with Crippen LogP contribution in [0.4, 0.5) is 13.2 Å². The number of nitrogens with one attached hydrogen (secondary N) is 1. The van der Waals surface area contributed by atoms with Crippen molar-refractivity contribution in [2.45, 2.75) is 19.6 Å². The monoisotopic (exact) mass is 413 g/mol. The first-order chi connectivity index (χ1) is 13.2. The van der Waals surface area contributed by atoms with Crippen molar-refractivity contribution >= 4 is 23.6 Å². The number of hydrogen-bond acceptors (Lipinski definition) is 4. The van der Waals surface area contributed by atoms with E-state index in [2.05, 4.69) is 20.1 Å². The van der Waals surface area contributed by atoms with Gasteiger partial charge in [0.25, 0.3) is 0 Å². The summed E-state index contributed by atoms with van der Waals surface area (Å²) < 4.78 is 38.7. The third-order valence-electron chi connectivity index (χ3n) is 4.41. The minimum Gasteiger partial charge on any atom is -0.337 e. The number of hydrogen-bond donors (Lipinski definition) is 1. The van der Waals surface area contributed by atoms with Crippen molar-refractivity contribution in [2.24, 2.45) is 0 Å². The molecule has 3 rings (SSSR count). The van der Waals surface area contributed by atoms with Crippen LogP contribution in [-0.2, 0) is 17.5 Å². The zero-order valence-corrected chi connectivity index (χ0v) is 15.9. The van der Waals surface area contributed by atoms with E-state index in [9.17, 15) is 18.0 Å². The molecular formula is C18H19ClF3N5O. The molecule has 1 aromatic carbocycles. The van der Waals surface area contributed by atoms with Crippen molar-refractivity contribution in [1.82, 2.24) is 25.0 Å². The van der Waals surface area contributed by atoms with Gasteiger partial charge in [-0.2, -0.15) is 18.3 Å². The maximum atomic E-state index is 12.9. The maximum absolute atomic E-state index is 12.9. The first-order valence-electron chi connectivity index (χ1n) is 8.66. The molecule has 0 spiro atoms. The Balaban J connectivity index is 1.56. The van der Waals surface area contributed by atoms with Gasteiger partial charge in [0.15, 0.2) is 5.82 Å². The van der Waals surface area contributed by atoms with Crippen molar-refractivity contribution < 1.29 is 18.0 Å². The smallest absolute Gasteiger partial charge is 0.337 e. The van der Waals surface area contributed by atoms with Gasteiger partial charge in [-0.05, 0) is 30.7 Å². The second-order valence-corrected chi connectivity index (χ2v) is 6.92. The van der Waals surface area contributed by atoms with Gasteiger partial charge < -0.3 is 4.90 Å². The molecular weight excluding hydrogens is 395 g/mol. The van der Waals surface area contributed by atoms with Gasteiger partial charge in [0, 0.05) is 32.3 Å². The third-order valence-corrected chi connectivity index (χ3v) is 4.74. The summed E-state index contributed by atoms with van der Waals surface area (Å²) in [6, 6.07) is 3.55. The second-order valence-electron chi connectivity index (χ2n) is 6.51. The molecule has 28 heavy (non-hydrogen) atoms. The predicted molar refractivity (Wildman–Crippen MR) is 98.5 cm³/mol. The summed E-state index contributed by atoms with van der Waals surface area (Å²) in [5.74, 6) is 1.22. The number of carbonyl (C=O) groups is 1. The Morgan fingerprint density at radius 1 is 1.29 bits per heavy atom. The van der Waals surface area contributed by atoms with Gasteiger partial charge in [-0.15, -0.1) is 0 Å². The van der Waals surface area contributed by atoms with E-state index in [1.54, 1.807) is 4.90 Å². The van der Waals surface area contributed by atoms with E-state index in [1.165, 1.54) is 24.3 Å². The molecule has 2 heterocycles. The molecule has 1 fully saturated rings. The number of nitrogens with zero attached hydrogens (tertiary/aromatic N) is 4. The highest BCUT2D eigenvalue weighted by Crippen LogP contribution is 2.35. The summed E-state index contributed by atoms with van der Waals surface area (Å²) in [5.41, 5.74) is -0.650. The molecule has 0 radical (unpaired) electrons. The Kier molecular flexibility index (Phi) is 6.04. The highest BCUT2D eigenvalue weighted by Gasteiger charge is 2.33. The zero-order valence-electron chi connectivity index (χ0n) is 15.1. The summed E-state index contributed by atoms with van der Waals surface area (Å²) in [4.78, 5) is 20.4. The molecule has 150 valence electrons. The van der Waals surface area contributed by atoms with E-state index in [0.717, 1.165) is 11.9 Å². The minimum atomic E-state index is -4.54. The van der Waals surface area contributed by atoms with Gasteiger partial charge in [0.2, 0.25) is 5.91 Å². The molecule has 1 aromatic heterocycles. The lowest BCUT2D eigenvalue weighted by molar-refractivity contribution is -0.137. The fourth-order valence-corrected chi connectivity index (χ4v) is 3.15. The summed E-state index contributed by atoms with van der Waals surface area (Å²) in [6.07, 6.45) is -1.88. The van der Waals surface area contributed by atoms with E-state index in [1.807, 2.05) is 6.92 Å². The Hall–Kier alpha value is -2.39. The van der Waals surface area contributed by atoms with Crippen molar-refractivity contribution in [2.75, 3.05) is 26.2 Å². The van der Waals surface area contributed by atoms with Crippen LogP contribution in [0.5, 0.6) is 0 Å². The van der Waals surface area contributed by atoms with Crippen LogP contribution in [-0.4, -0.2) is 57.1 Å². The highest BCUT2D eigenvalue weighted by molar-refractivity contribution is 6.31. The topological polar surface area (TPSA) is 65.1 Å². The predicted octanol–water partition coefficient (Wildman–Crippen LogP) is 3.14. The molecule has 1 saturated heterocycles. The normalized spacial score (nSPS) is 16.1. The molecule has 0 unspecified atom stereocenters. The number of amides is 1. The van der Waals surface area contributed by atoms with Crippen molar-refractivity contribution in [3.63, 3.8) is 0 Å². The van der Waals surface area contributed by atoms with Gasteiger partial charge in [-0.3, -0.25) is 14.8 Å². The maximum Gasteiger partial charge on any atom is 0.417 e. The molecule has 0 atom stereocenters. The van der Waals surface area contributed by atoms with Crippen LogP contribution < -0.4 is 0 Å². The first kappa shape index (κ1) is 20.3. The molecule has 0 aliphatic carbocycles. The largest absolute Gasteiger partial charge is 0.417 e. The molecule has 1 amide bonds. The van der Waals surface area contributed by atoms with Gasteiger partial charge in [0.05, 0.1) is 17.1 Å². The van der Waals surface area contributed by atoms with Crippen molar-refractivity contribution in [3.05, 3.63) is 52.1 Å². The average molecular weight is 414 g/mol. The van der Waals surface area contributed by atoms with Crippen LogP contribution in [0.1, 0.15) is 22.8 Å². The number of rotatable bonds is 4. The Morgan fingerprint density at radius 3 is 2.61 bits per heavy atom. The number of halogens is 4. The SMILES string of the molecule is Cc1nc(CN2CCN(C(=O)/C=C/c3ccc(Cl)c(C(F)(F)F)c3)CC2)n[nH]1. The average Bonchev–Trinajstić information content (AvgIpc) is 3.05. The Labute approximate surface area is 165 Å². The van der Waals surface area contributed by atoms with Gasteiger partial charge in [0.1, 0.15) is 5.82 Å². The van der Waals surface area contributed by atoms with Crippen LogP contribution >= 0.6 is 11.6 Å². The number of benzene rings is 1. The summed E-state index contributed by atoms with van der Waals surface area (Å²) in [6.45, 7) is 4.84. The lowest BCUT2D eigenvalue weighted by Gasteiger charge is -2.33. The summed E-state index contributed by atoms with van der Waals surface area (Å²) in [7, 11) is 0. The number of aryl methyl sites for hydroxylation is 1. The Morgan fingerprint density at radius 2 is 2.00 bits per heavy atom. The zero-order chi connectivity index (χ0) is 20.3. The number of aromatic amines is 1. The fourth-order valence-electron chi connectivity index (χ4n) is 2.92. The van der Waals surface area contributed by atoms with Gasteiger partial charge in [-0.1, -0.05) is 17.7 Å². The molecule has 0 saturated carbocycles. The lowest BCUT2D eigenvalue weighted by atomic mass is 10.1. The van der Waals surface area contributed by atoms with Gasteiger partial charge >= 0.3 is 6.18 Å². The Bertz CT molecular complexity index is 872. The minimum absolute atomic E-state index is 0.239. The molecule has 1 aliphatic heterocycles. The lowest BCUT2D eigenvalue weighted by Crippen LogP contribution is -2.47. The quantitative estimate of drug-likeness (QED) is 0.782. The molecule has 2 aromatic rings. The van der Waals surface area contributed by atoms with E-state index in [0.29, 0.717) is 38.5 Å². The standard InChI is InChI=1S/C18H19ClF3N5O/c1-12-23-16(25-24-12)11-26-6-8-27(9-7-26)17(28)5-3-13-2-4-15(19)14(10-13)18(20,21)22/h2-5,10H,6-9,11H2,1H3,(H,23,24,25)/b5-3+. The van der Waals surface area contributed by atoms with Crippen LogP contribution in [0.2, 0.25) is 5.02 Å². The van der Waals surface area contributed by atoms with Crippen LogP contribution in [0, 0.1) is 6.92 Å². The molecule has 0 bridgehead atoms. The van der Waals surface area contributed by atoms with Crippen molar-refractivity contribution in [1.29, 1.82) is 0 Å². The molecule has 1 aliphatic rings. The van der Waals surface area contributed by atoms with Crippen LogP contribution in [0.15, 0.2) is 24.3 Å². The fraction of sp³-hybridized carbons (Fsp3) is 0.389. The number of aromatic nitrogens is 3. The van der Waals surface area contributed by atoms with E-state index in [4.69, 9.17) is 11.6 Å². The second kappa shape index (κ2) is 8.32. The van der Waals surface area contributed by atoms with Crippen LogP contribution in [0.3, 0.4) is 0 Å². The third kappa shape index (κ3) is 5.11. The number of H-pyrrole nitrogens is 1. The summed E-state index contributed by atoms with van der Waals surface area (Å²) >= 11 is 5.60. The first-order valence-corrected chi connectivity index (χ1v) is 9.04. The number of piperazine rings is 1. The molecule has 10 heteroatoms. The highest BCUT2D eigenvalue weighted by atomic mass is 35.5. The summed E-state index contributed by atoms with van der Waals surface area (Å²) in [5, 5.41) is 6.53. The van der Waals surface area contributed by atoms with Gasteiger partial charge in [-0.25, -0.2) is 4.98 Å². The molecule has 1 N–H and O–H groups in total. The van der Waals surface area contributed by atoms with E-state index >= 15 is 0 Å². The molecule has 6 nitrogen and oxygen atoms in total.